The van der Waals surface area contributed by atoms with E-state index in [4.69, 9.17) is 5.11 Å². The molecule has 0 radical (unpaired) electrons. The van der Waals surface area contributed by atoms with Gasteiger partial charge >= 0.3 is 5.97 Å². The van der Waals surface area contributed by atoms with Crippen molar-refractivity contribution in [3.8, 4) is 0 Å². The summed E-state index contributed by atoms with van der Waals surface area (Å²) in [5, 5.41) is 10.8. The smallest absolute Gasteiger partial charge is 0.335 e. The number of carbonyl (C=O) groups excluding carboxylic acids is 1. The van der Waals surface area contributed by atoms with Gasteiger partial charge in [-0.25, -0.2) is 9.18 Å². The van der Waals surface area contributed by atoms with E-state index in [-0.39, 0.29) is 11.3 Å². The minimum Gasteiger partial charge on any atom is -0.478 e. The SMILES string of the molecule is O=C(CF)Nc1cccc(C(=O)O)c1. The van der Waals surface area contributed by atoms with Crippen LogP contribution in [0.15, 0.2) is 24.3 Å². The van der Waals surface area contributed by atoms with Gasteiger partial charge in [-0.2, -0.15) is 0 Å². The summed E-state index contributed by atoms with van der Waals surface area (Å²) in [4.78, 5) is 21.2. The fraction of sp³-hybridized carbons (Fsp3) is 0.111. The molecule has 74 valence electrons. The first-order valence-corrected chi connectivity index (χ1v) is 3.82. The number of nitrogens with one attached hydrogen (secondary N) is 1. The molecule has 0 aliphatic rings. The molecule has 2 N–H and O–H groups in total. The molecule has 0 aliphatic carbocycles. The number of amides is 1. The van der Waals surface area contributed by atoms with Crippen LogP contribution in [0.1, 0.15) is 10.4 Å². The van der Waals surface area contributed by atoms with Crippen LogP contribution in [0.4, 0.5) is 10.1 Å². The van der Waals surface area contributed by atoms with Crippen LogP contribution in [0.5, 0.6) is 0 Å². The van der Waals surface area contributed by atoms with Gasteiger partial charge < -0.3 is 10.4 Å². The predicted molar refractivity (Wildman–Crippen MR) is 48.0 cm³/mol. The van der Waals surface area contributed by atoms with E-state index in [1.165, 1.54) is 24.3 Å². The fourth-order valence-corrected chi connectivity index (χ4v) is 0.924. The first-order chi connectivity index (χ1) is 6.63. The van der Waals surface area contributed by atoms with Gasteiger partial charge in [0.25, 0.3) is 5.91 Å². The maximum Gasteiger partial charge on any atom is 0.335 e. The summed E-state index contributed by atoms with van der Waals surface area (Å²) in [5.74, 6) is -1.89. The Balaban J connectivity index is 2.83. The minimum atomic E-state index is -1.13. The van der Waals surface area contributed by atoms with Gasteiger partial charge in [-0.3, -0.25) is 4.79 Å². The first-order valence-electron chi connectivity index (χ1n) is 3.82. The fourth-order valence-electron chi connectivity index (χ4n) is 0.924. The highest BCUT2D eigenvalue weighted by Gasteiger charge is 2.05. The maximum absolute atomic E-state index is 11.8. The molecule has 1 aromatic carbocycles. The van der Waals surface area contributed by atoms with Gasteiger partial charge in [0.05, 0.1) is 5.56 Å². The van der Waals surface area contributed by atoms with Crippen LogP contribution in [-0.4, -0.2) is 23.7 Å². The molecule has 0 saturated heterocycles. The number of carbonyl (C=O) groups is 2. The van der Waals surface area contributed by atoms with E-state index >= 15 is 0 Å². The highest BCUT2D eigenvalue weighted by molar-refractivity contribution is 5.94. The number of alkyl halides is 1. The summed E-state index contributed by atoms with van der Waals surface area (Å²) in [6, 6.07) is 5.60. The number of rotatable bonds is 3. The number of benzene rings is 1. The van der Waals surface area contributed by atoms with Crippen LogP contribution < -0.4 is 5.32 Å². The Labute approximate surface area is 79.4 Å². The number of halogens is 1. The second-order valence-corrected chi connectivity index (χ2v) is 2.57. The number of hydrogen-bond acceptors (Lipinski definition) is 2. The van der Waals surface area contributed by atoms with Crippen molar-refractivity contribution in [1.29, 1.82) is 0 Å². The lowest BCUT2D eigenvalue weighted by Crippen LogP contribution is -2.13. The minimum absolute atomic E-state index is 0.0432. The summed E-state index contributed by atoms with van der Waals surface area (Å²) >= 11 is 0. The Morgan fingerprint density at radius 2 is 2.14 bits per heavy atom. The molecule has 0 spiro atoms. The second kappa shape index (κ2) is 4.36. The highest BCUT2D eigenvalue weighted by atomic mass is 19.1. The van der Waals surface area contributed by atoms with E-state index in [0.717, 1.165) is 0 Å². The topological polar surface area (TPSA) is 66.4 Å². The Bertz CT molecular complexity index is 365. The normalized spacial score (nSPS) is 9.50. The first kappa shape index (κ1) is 10.2. The molecule has 0 saturated carbocycles. The maximum atomic E-state index is 11.8. The number of hydrogen-bond donors (Lipinski definition) is 2. The van der Waals surface area contributed by atoms with Crippen molar-refractivity contribution in [3.05, 3.63) is 29.8 Å². The van der Waals surface area contributed by atoms with Crippen LogP contribution in [0, 0.1) is 0 Å². The second-order valence-electron chi connectivity index (χ2n) is 2.57. The molecule has 4 nitrogen and oxygen atoms in total. The van der Waals surface area contributed by atoms with E-state index < -0.39 is 18.6 Å². The molecule has 1 amide bonds. The van der Waals surface area contributed by atoms with Crippen LogP contribution in [-0.2, 0) is 4.79 Å². The van der Waals surface area contributed by atoms with Crippen molar-refractivity contribution >= 4 is 17.6 Å². The third-order valence-corrected chi connectivity index (χ3v) is 1.51. The average molecular weight is 197 g/mol. The summed E-state index contributed by atoms with van der Waals surface area (Å²) in [6.45, 7) is -1.13. The largest absolute Gasteiger partial charge is 0.478 e. The third kappa shape index (κ3) is 2.55. The van der Waals surface area contributed by atoms with Crippen LogP contribution in [0.3, 0.4) is 0 Å². The van der Waals surface area contributed by atoms with Gasteiger partial charge in [-0.15, -0.1) is 0 Å². The number of aromatic carboxylic acids is 1. The van der Waals surface area contributed by atoms with Crippen LogP contribution in [0.25, 0.3) is 0 Å². The van der Waals surface area contributed by atoms with Crippen molar-refractivity contribution in [2.75, 3.05) is 12.0 Å². The zero-order valence-corrected chi connectivity index (χ0v) is 7.16. The molecular weight excluding hydrogens is 189 g/mol. The highest BCUT2D eigenvalue weighted by Crippen LogP contribution is 2.10. The van der Waals surface area contributed by atoms with Crippen LogP contribution in [0.2, 0.25) is 0 Å². The van der Waals surface area contributed by atoms with Gasteiger partial charge in [0.15, 0.2) is 6.67 Å². The van der Waals surface area contributed by atoms with E-state index in [1.54, 1.807) is 0 Å². The molecule has 5 heteroatoms. The molecule has 0 aliphatic heterocycles. The summed E-state index contributed by atoms with van der Waals surface area (Å²) in [7, 11) is 0. The third-order valence-electron chi connectivity index (χ3n) is 1.51. The average Bonchev–Trinajstić information content (AvgIpc) is 2.18. The van der Waals surface area contributed by atoms with Gasteiger partial charge in [-0.1, -0.05) is 6.07 Å². The van der Waals surface area contributed by atoms with Gasteiger partial charge in [0, 0.05) is 5.69 Å². The molecule has 0 heterocycles. The van der Waals surface area contributed by atoms with E-state index in [9.17, 15) is 14.0 Å². The van der Waals surface area contributed by atoms with Crippen molar-refractivity contribution in [3.63, 3.8) is 0 Å². The predicted octanol–water partition coefficient (Wildman–Crippen LogP) is 1.29. The molecule has 0 unspecified atom stereocenters. The van der Waals surface area contributed by atoms with Crippen molar-refractivity contribution in [2.24, 2.45) is 0 Å². The molecule has 0 aromatic heterocycles. The quantitative estimate of drug-likeness (QED) is 0.767. The van der Waals surface area contributed by atoms with Gasteiger partial charge in [-0.05, 0) is 18.2 Å². The molecular formula is C9H8FNO3. The summed E-state index contributed by atoms with van der Waals surface area (Å²) in [5.41, 5.74) is 0.314. The molecule has 14 heavy (non-hydrogen) atoms. The molecule has 0 bridgehead atoms. The van der Waals surface area contributed by atoms with Crippen molar-refractivity contribution in [2.45, 2.75) is 0 Å². The van der Waals surface area contributed by atoms with E-state index in [0.29, 0.717) is 0 Å². The van der Waals surface area contributed by atoms with Crippen molar-refractivity contribution in [1.82, 2.24) is 0 Å². The Kier molecular flexibility index (Phi) is 3.17. The van der Waals surface area contributed by atoms with Gasteiger partial charge in [0.1, 0.15) is 0 Å². The van der Waals surface area contributed by atoms with E-state index in [1.807, 2.05) is 0 Å². The molecule has 0 fully saturated rings. The summed E-state index contributed by atoms with van der Waals surface area (Å²) in [6.07, 6.45) is 0. The molecule has 1 rings (SSSR count). The Morgan fingerprint density at radius 1 is 1.43 bits per heavy atom. The van der Waals surface area contributed by atoms with Crippen LogP contribution >= 0.6 is 0 Å². The monoisotopic (exact) mass is 197 g/mol. The lowest BCUT2D eigenvalue weighted by atomic mass is 10.2. The molecule has 0 atom stereocenters. The number of anilines is 1. The Hall–Kier alpha value is -1.91. The Morgan fingerprint density at radius 3 is 2.71 bits per heavy atom. The lowest BCUT2D eigenvalue weighted by Gasteiger charge is -2.02. The zero-order chi connectivity index (χ0) is 10.6. The van der Waals surface area contributed by atoms with Gasteiger partial charge in [0.2, 0.25) is 0 Å². The summed E-state index contributed by atoms with van der Waals surface area (Å²) < 4.78 is 11.8. The van der Waals surface area contributed by atoms with E-state index in [2.05, 4.69) is 5.32 Å². The van der Waals surface area contributed by atoms with Crippen molar-refractivity contribution < 1.29 is 19.1 Å². The zero-order valence-electron chi connectivity index (χ0n) is 7.16. The molecule has 1 aromatic rings. The number of carboxylic acids is 1. The standard InChI is InChI=1S/C9H8FNO3/c10-5-8(12)11-7-3-1-2-6(4-7)9(13)14/h1-4H,5H2,(H,11,12)(H,13,14). The number of carboxylic acid groups (broad SMARTS) is 1. The lowest BCUT2D eigenvalue weighted by molar-refractivity contribution is -0.117.